The van der Waals surface area contributed by atoms with Gasteiger partial charge < -0.3 is 10.2 Å². The number of thiazole rings is 1. The summed E-state index contributed by atoms with van der Waals surface area (Å²) in [6.07, 6.45) is 0.856. The Kier molecular flexibility index (Phi) is 5.12. The van der Waals surface area contributed by atoms with E-state index in [1.807, 2.05) is 0 Å². The van der Waals surface area contributed by atoms with E-state index in [4.69, 9.17) is 0 Å². The summed E-state index contributed by atoms with van der Waals surface area (Å²) in [5, 5.41) is 3.39. The Bertz CT molecular complexity index is 863. The van der Waals surface area contributed by atoms with E-state index in [1.165, 1.54) is 27.4 Å². The normalized spacial score (nSPS) is 18.9. The van der Waals surface area contributed by atoms with Crippen molar-refractivity contribution in [2.24, 2.45) is 5.92 Å². The van der Waals surface area contributed by atoms with Gasteiger partial charge in [0.1, 0.15) is 4.88 Å². The Balaban J connectivity index is 1.64. The summed E-state index contributed by atoms with van der Waals surface area (Å²) in [7, 11) is 3.42. The summed E-state index contributed by atoms with van der Waals surface area (Å²) in [4.78, 5) is 31.1. The molecule has 1 fully saturated rings. The molecule has 1 aliphatic rings. The number of carbonyl (C=O) groups excluding carboxylic acids is 2. The molecule has 5 nitrogen and oxygen atoms in total. The van der Waals surface area contributed by atoms with Gasteiger partial charge in [0.25, 0.3) is 5.91 Å². The second-order valence-electron chi connectivity index (χ2n) is 8.44. The lowest BCUT2D eigenvalue weighted by Gasteiger charge is -2.19. The third-order valence-electron chi connectivity index (χ3n) is 4.96. The number of hydrogen-bond acceptors (Lipinski definition) is 4. The summed E-state index contributed by atoms with van der Waals surface area (Å²) < 4.78 is 0. The van der Waals surface area contributed by atoms with E-state index in [0.29, 0.717) is 15.7 Å². The number of carbonyl (C=O) groups is 2. The van der Waals surface area contributed by atoms with E-state index in [2.05, 4.69) is 55.3 Å². The first-order valence-corrected chi connectivity index (χ1v) is 10.00. The Morgan fingerprint density at radius 1 is 1.19 bits per heavy atom. The number of benzene rings is 1. The third-order valence-corrected chi connectivity index (χ3v) is 6.02. The fraction of sp³-hybridized carbons (Fsp3) is 0.476. The summed E-state index contributed by atoms with van der Waals surface area (Å²) >= 11 is 1.24. The topological polar surface area (TPSA) is 62.3 Å². The van der Waals surface area contributed by atoms with Gasteiger partial charge in [-0.1, -0.05) is 56.4 Å². The van der Waals surface area contributed by atoms with Gasteiger partial charge in [-0.05, 0) is 35.8 Å². The summed E-state index contributed by atoms with van der Waals surface area (Å²) in [5.41, 5.74) is 3.29. The predicted octanol–water partition coefficient (Wildman–Crippen LogP) is 4.19. The van der Waals surface area contributed by atoms with Gasteiger partial charge in [0.05, 0.1) is 5.69 Å². The molecule has 1 saturated carbocycles. The maximum atomic E-state index is 12.6. The lowest BCUT2D eigenvalue weighted by Crippen LogP contribution is -2.21. The first kappa shape index (κ1) is 19.5. The van der Waals surface area contributed by atoms with Crippen molar-refractivity contribution in [2.75, 3.05) is 19.4 Å². The van der Waals surface area contributed by atoms with Crippen molar-refractivity contribution in [1.82, 2.24) is 9.88 Å². The van der Waals surface area contributed by atoms with Crippen molar-refractivity contribution in [3.05, 3.63) is 46.0 Å². The minimum Gasteiger partial charge on any atom is -0.344 e. The molecule has 3 rings (SSSR count). The molecule has 2 atom stereocenters. The molecular formula is C21H27N3O2S. The van der Waals surface area contributed by atoms with Gasteiger partial charge in [0, 0.05) is 20.0 Å². The Morgan fingerprint density at radius 2 is 1.81 bits per heavy atom. The van der Waals surface area contributed by atoms with Crippen LogP contribution in [0.2, 0.25) is 0 Å². The smallest absolute Gasteiger partial charge is 0.265 e. The lowest BCUT2D eigenvalue weighted by molar-refractivity contribution is -0.117. The molecule has 0 aliphatic heterocycles. The number of amides is 2. The van der Waals surface area contributed by atoms with Crippen molar-refractivity contribution in [3.63, 3.8) is 0 Å². The van der Waals surface area contributed by atoms with Crippen LogP contribution < -0.4 is 5.32 Å². The maximum Gasteiger partial charge on any atom is 0.265 e. The molecule has 27 heavy (non-hydrogen) atoms. The van der Waals surface area contributed by atoms with E-state index >= 15 is 0 Å². The molecule has 0 unspecified atom stereocenters. The molecule has 6 heteroatoms. The highest BCUT2D eigenvalue weighted by Crippen LogP contribution is 2.48. The summed E-state index contributed by atoms with van der Waals surface area (Å²) in [5.74, 6) is 0.136. The number of anilines is 1. The first-order valence-electron chi connectivity index (χ1n) is 9.18. The zero-order valence-electron chi connectivity index (χ0n) is 16.8. The van der Waals surface area contributed by atoms with Crippen molar-refractivity contribution < 1.29 is 9.59 Å². The fourth-order valence-corrected chi connectivity index (χ4v) is 4.12. The van der Waals surface area contributed by atoms with E-state index in [-0.39, 0.29) is 29.1 Å². The third kappa shape index (κ3) is 4.21. The van der Waals surface area contributed by atoms with Crippen molar-refractivity contribution in [3.8, 4) is 0 Å². The molecule has 0 radical (unpaired) electrons. The molecule has 1 aliphatic carbocycles. The molecular weight excluding hydrogens is 358 g/mol. The lowest BCUT2D eigenvalue weighted by atomic mass is 9.86. The molecule has 1 aromatic carbocycles. The molecule has 0 spiro atoms. The highest BCUT2D eigenvalue weighted by atomic mass is 32.1. The maximum absolute atomic E-state index is 12.6. The zero-order chi connectivity index (χ0) is 19.9. The van der Waals surface area contributed by atoms with E-state index in [1.54, 1.807) is 21.0 Å². The van der Waals surface area contributed by atoms with Gasteiger partial charge in [0.2, 0.25) is 5.91 Å². The number of nitrogens with zero attached hydrogens (tertiary/aromatic N) is 2. The second kappa shape index (κ2) is 7.08. The summed E-state index contributed by atoms with van der Waals surface area (Å²) in [6.45, 7) is 8.38. The van der Waals surface area contributed by atoms with Gasteiger partial charge in [-0.3, -0.25) is 9.59 Å². The van der Waals surface area contributed by atoms with Gasteiger partial charge in [0.15, 0.2) is 5.13 Å². The monoisotopic (exact) mass is 385 g/mol. The zero-order valence-corrected chi connectivity index (χ0v) is 17.6. The van der Waals surface area contributed by atoms with Crippen LogP contribution in [0.25, 0.3) is 0 Å². The quantitative estimate of drug-likeness (QED) is 0.858. The molecule has 1 N–H and O–H groups in total. The predicted molar refractivity (Wildman–Crippen MR) is 109 cm³/mol. The van der Waals surface area contributed by atoms with Crippen molar-refractivity contribution in [1.29, 1.82) is 0 Å². The minimum absolute atomic E-state index is 0.0162. The molecule has 0 bridgehead atoms. The molecule has 144 valence electrons. The number of hydrogen-bond donors (Lipinski definition) is 1. The SMILES string of the molecule is Cc1nc(NC(=O)[C@H]2C[C@H]2c2ccc(C(C)(C)C)cc2)sc1C(=O)N(C)C. The van der Waals surface area contributed by atoms with E-state index in [0.717, 1.165) is 6.42 Å². The highest BCUT2D eigenvalue weighted by Gasteiger charge is 2.44. The highest BCUT2D eigenvalue weighted by molar-refractivity contribution is 7.17. The van der Waals surface area contributed by atoms with Crippen molar-refractivity contribution >= 4 is 28.3 Å². The Morgan fingerprint density at radius 3 is 2.37 bits per heavy atom. The number of aryl methyl sites for hydroxylation is 1. The van der Waals surface area contributed by atoms with Crippen LogP contribution in [0, 0.1) is 12.8 Å². The summed E-state index contributed by atoms with van der Waals surface area (Å²) in [6, 6.07) is 8.59. The van der Waals surface area contributed by atoms with E-state index in [9.17, 15) is 9.59 Å². The van der Waals surface area contributed by atoms with Crippen LogP contribution in [0.4, 0.5) is 5.13 Å². The van der Waals surface area contributed by atoms with Crippen LogP contribution in [0.15, 0.2) is 24.3 Å². The van der Waals surface area contributed by atoms with Gasteiger partial charge in [-0.15, -0.1) is 0 Å². The van der Waals surface area contributed by atoms with Crippen LogP contribution in [-0.2, 0) is 10.2 Å². The van der Waals surface area contributed by atoms with Crippen LogP contribution in [0.3, 0.4) is 0 Å². The van der Waals surface area contributed by atoms with Gasteiger partial charge >= 0.3 is 0 Å². The molecule has 2 amide bonds. The minimum atomic E-state index is -0.0891. The fourth-order valence-electron chi connectivity index (χ4n) is 3.13. The number of nitrogens with one attached hydrogen (secondary N) is 1. The second-order valence-corrected chi connectivity index (χ2v) is 9.44. The van der Waals surface area contributed by atoms with Crippen LogP contribution in [0.5, 0.6) is 0 Å². The van der Waals surface area contributed by atoms with E-state index < -0.39 is 0 Å². The van der Waals surface area contributed by atoms with Crippen LogP contribution in [-0.4, -0.2) is 35.8 Å². The first-order chi connectivity index (χ1) is 12.6. The molecule has 2 aromatic rings. The molecule has 0 saturated heterocycles. The standard InChI is InChI=1S/C21H27N3O2S/c1-12-17(19(26)24(5)6)27-20(22-12)23-18(25)16-11-15(16)13-7-9-14(10-8-13)21(2,3)4/h7-10,15-16H,11H2,1-6H3,(H,22,23,25)/t15-,16-/m0/s1. The van der Waals surface area contributed by atoms with Gasteiger partial charge in [-0.25, -0.2) is 4.98 Å². The molecule has 1 heterocycles. The number of rotatable bonds is 4. The molecule has 1 aromatic heterocycles. The average Bonchev–Trinajstić information content (AvgIpc) is 3.31. The van der Waals surface area contributed by atoms with Crippen LogP contribution in [0.1, 0.15) is 59.6 Å². The van der Waals surface area contributed by atoms with Crippen molar-refractivity contribution in [2.45, 2.75) is 45.4 Å². The Hall–Kier alpha value is -2.21. The van der Waals surface area contributed by atoms with Gasteiger partial charge in [-0.2, -0.15) is 0 Å². The average molecular weight is 386 g/mol. The Labute approximate surface area is 164 Å². The van der Waals surface area contributed by atoms with Crippen LogP contribution >= 0.6 is 11.3 Å². The largest absolute Gasteiger partial charge is 0.344 e. The number of aromatic nitrogens is 1.